The van der Waals surface area contributed by atoms with Crippen LogP contribution in [0.25, 0.3) is 0 Å². The highest BCUT2D eigenvalue weighted by molar-refractivity contribution is 6.06. The molecule has 1 heterocycles. The molecule has 0 atom stereocenters. The fourth-order valence-electron chi connectivity index (χ4n) is 3.48. The van der Waals surface area contributed by atoms with Gasteiger partial charge in [0.15, 0.2) is 6.61 Å². The summed E-state index contributed by atoms with van der Waals surface area (Å²) < 4.78 is 5.75. The number of anilines is 1. The van der Waals surface area contributed by atoms with Gasteiger partial charge in [0.2, 0.25) is 0 Å². The van der Waals surface area contributed by atoms with Crippen LogP contribution in [-0.2, 0) is 4.79 Å². The number of hydrogen-bond acceptors (Lipinski definition) is 3. The Morgan fingerprint density at radius 1 is 0.966 bits per heavy atom. The third-order valence-electron chi connectivity index (χ3n) is 5.28. The summed E-state index contributed by atoms with van der Waals surface area (Å²) in [5, 5.41) is 2.91. The van der Waals surface area contributed by atoms with Gasteiger partial charge in [-0.2, -0.15) is 0 Å². The topological polar surface area (TPSA) is 58.6 Å². The Hall–Kier alpha value is -2.82. The summed E-state index contributed by atoms with van der Waals surface area (Å²) >= 11 is 0. The molecule has 0 bridgehead atoms. The van der Waals surface area contributed by atoms with E-state index in [4.69, 9.17) is 4.74 Å². The predicted molar refractivity (Wildman–Crippen MR) is 115 cm³/mol. The van der Waals surface area contributed by atoms with Crippen molar-refractivity contribution in [3.8, 4) is 5.75 Å². The van der Waals surface area contributed by atoms with Gasteiger partial charge in [-0.05, 0) is 48.6 Å². The highest BCUT2D eigenvalue weighted by atomic mass is 16.5. The quantitative estimate of drug-likeness (QED) is 0.762. The first-order chi connectivity index (χ1) is 14.0. The molecule has 1 fully saturated rings. The number of ether oxygens (including phenoxy) is 1. The molecule has 0 unspecified atom stereocenters. The van der Waals surface area contributed by atoms with Crippen LogP contribution < -0.4 is 10.1 Å². The van der Waals surface area contributed by atoms with Gasteiger partial charge in [0.05, 0.1) is 5.56 Å². The third kappa shape index (κ3) is 5.83. The molecule has 2 aromatic carbocycles. The molecule has 154 valence electrons. The zero-order valence-corrected chi connectivity index (χ0v) is 17.3. The van der Waals surface area contributed by atoms with E-state index >= 15 is 0 Å². The van der Waals surface area contributed by atoms with Crippen molar-refractivity contribution in [1.82, 2.24) is 4.90 Å². The van der Waals surface area contributed by atoms with Crippen LogP contribution in [0, 0.1) is 0 Å². The number of benzene rings is 2. The van der Waals surface area contributed by atoms with Gasteiger partial charge in [0, 0.05) is 18.8 Å². The Bertz CT molecular complexity index is 822. The second-order valence-electron chi connectivity index (χ2n) is 7.81. The van der Waals surface area contributed by atoms with Crippen molar-refractivity contribution in [3.63, 3.8) is 0 Å². The Morgan fingerprint density at radius 2 is 1.62 bits per heavy atom. The second kappa shape index (κ2) is 10.1. The van der Waals surface area contributed by atoms with Crippen molar-refractivity contribution in [1.29, 1.82) is 0 Å². The molecular formula is C24H30N2O3. The Morgan fingerprint density at radius 3 is 2.28 bits per heavy atom. The third-order valence-corrected chi connectivity index (χ3v) is 5.28. The van der Waals surface area contributed by atoms with E-state index in [9.17, 15) is 9.59 Å². The molecule has 1 aliphatic rings. The largest absolute Gasteiger partial charge is 0.483 e. The van der Waals surface area contributed by atoms with E-state index < -0.39 is 0 Å². The van der Waals surface area contributed by atoms with Crippen LogP contribution in [0.4, 0.5) is 5.69 Å². The first kappa shape index (κ1) is 20.9. The minimum absolute atomic E-state index is 0.0219. The van der Waals surface area contributed by atoms with E-state index in [-0.39, 0.29) is 18.4 Å². The smallest absolute Gasteiger partial charge is 0.260 e. The summed E-state index contributed by atoms with van der Waals surface area (Å²) in [7, 11) is 0. The maximum absolute atomic E-state index is 12.8. The molecule has 2 amide bonds. The molecule has 1 aliphatic heterocycles. The van der Waals surface area contributed by atoms with Crippen molar-refractivity contribution in [2.24, 2.45) is 0 Å². The molecule has 2 aromatic rings. The summed E-state index contributed by atoms with van der Waals surface area (Å²) in [5.41, 5.74) is 2.37. The van der Waals surface area contributed by atoms with Gasteiger partial charge in [0.1, 0.15) is 5.75 Å². The summed E-state index contributed by atoms with van der Waals surface area (Å²) in [4.78, 5) is 27.1. The molecule has 29 heavy (non-hydrogen) atoms. The fraction of sp³-hybridized carbons (Fsp3) is 0.417. The first-order valence-corrected chi connectivity index (χ1v) is 10.5. The molecular weight excluding hydrogens is 364 g/mol. The number of rotatable bonds is 6. The van der Waals surface area contributed by atoms with Gasteiger partial charge in [-0.15, -0.1) is 0 Å². The predicted octanol–water partition coefficient (Wildman–Crippen LogP) is 4.84. The van der Waals surface area contributed by atoms with Gasteiger partial charge in [-0.25, -0.2) is 0 Å². The second-order valence-corrected chi connectivity index (χ2v) is 7.81. The van der Waals surface area contributed by atoms with Crippen molar-refractivity contribution in [3.05, 3.63) is 59.7 Å². The zero-order valence-electron chi connectivity index (χ0n) is 17.3. The van der Waals surface area contributed by atoms with E-state index in [0.29, 0.717) is 17.2 Å². The number of likely N-dealkylation sites (tertiary alicyclic amines) is 1. The minimum atomic E-state index is -0.250. The lowest BCUT2D eigenvalue weighted by atomic mass is 10.0. The molecule has 5 heteroatoms. The zero-order chi connectivity index (χ0) is 20.6. The Labute approximate surface area is 173 Å². The minimum Gasteiger partial charge on any atom is -0.483 e. The van der Waals surface area contributed by atoms with Crippen molar-refractivity contribution < 1.29 is 14.3 Å². The van der Waals surface area contributed by atoms with Crippen LogP contribution in [0.15, 0.2) is 48.5 Å². The summed E-state index contributed by atoms with van der Waals surface area (Å²) in [6.07, 6.45) is 4.43. The first-order valence-electron chi connectivity index (χ1n) is 10.5. The number of nitrogens with one attached hydrogen (secondary N) is 1. The standard InChI is InChI=1S/C24H30N2O3/c1-18(2)19-11-13-20(14-12-19)25-24(28)21-9-5-6-10-22(21)29-17-23(27)26-15-7-3-4-8-16-26/h5-6,9-14,18H,3-4,7-8,15-17H2,1-2H3,(H,25,28). The number of carbonyl (C=O) groups excluding carboxylic acids is 2. The maximum atomic E-state index is 12.8. The van der Waals surface area contributed by atoms with E-state index in [1.165, 1.54) is 18.4 Å². The number of carbonyl (C=O) groups is 2. The number of amides is 2. The molecule has 0 spiro atoms. The highest BCUT2D eigenvalue weighted by Crippen LogP contribution is 2.22. The summed E-state index contributed by atoms with van der Waals surface area (Å²) in [5.74, 6) is 0.592. The average molecular weight is 395 g/mol. The number of hydrogen-bond donors (Lipinski definition) is 1. The Kier molecular flexibility index (Phi) is 7.28. The van der Waals surface area contributed by atoms with Gasteiger partial charge in [-0.3, -0.25) is 9.59 Å². The van der Waals surface area contributed by atoms with E-state index in [0.717, 1.165) is 31.6 Å². The maximum Gasteiger partial charge on any atom is 0.260 e. The number of nitrogens with zero attached hydrogens (tertiary/aromatic N) is 1. The van der Waals surface area contributed by atoms with Crippen molar-refractivity contribution in [2.45, 2.75) is 45.4 Å². The molecule has 0 aliphatic carbocycles. The fourth-order valence-corrected chi connectivity index (χ4v) is 3.48. The van der Waals surface area contributed by atoms with E-state index in [1.54, 1.807) is 24.3 Å². The molecule has 0 radical (unpaired) electrons. The van der Waals surface area contributed by atoms with Gasteiger partial charge in [0.25, 0.3) is 11.8 Å². The van der Waals surface area contributed by atoms with Crippen molar-refractivity contribution in [2.75, 3.05) is 25.0 Å². The van der Waals surface area contributed by atoms with Crippen LogP contribution in [0.5, 0.6) is 5.75 Å². The lowest BCUT2D eigenvalue weighted by Crippen LogP contribution is -2.35. The molecule has 0 aromatic heterocycles. The molecule has 3 rings (SSSR count). The lowest BCUT2D eigenvalue weighted by molar-refractivity contribution is -0.133. The monoisotopic (exact) mass is 394 g/mol. The number of para-hydroxylation sites is 1. The van der Waals surface area contributed by atoms with Crippen LogP contribution in [-0.4, -0.2) is 36.4 Å². The summed E-state index contributed by atoms with van der Waals surface area (Å²) in [6.45, 7) is 5.79. The normalized spacial score (nSPS) is 14.4. The van der Waals surface area contributed by atoms with Gasteiger partial charge in [-0.1, -0.05) is 51.0 Å². The average Bonchev–Trinajstić information content (AvgIpc) is 3.02. The van der Waals surface area contributed by atoms with Crippen molar-refractivity contribution >= 4 is 17.5 Å². The van der Waals surface area contributed by atoms with E-state index in [2.05, 4.69) is 19.2 Å². The van der Waals surface area contributed by atoms with Gasteiger partial charge >= 0.3 is 0 Å². The van der Waals surface area contributed by atoms with Crippen LogP contribution >= 0.6 is 0 Å². The molecule has 0 saturated carbocycles. The molecule has 5 nitrogen and oxygen atoms in total. The highest BCUT2D eigenvalue weighted by Gasteiger charge is 2.18. The van der Waals surface area contributed by atoms with E-state index in [1.807, 2.05) is 29.2 Å². The lowest BCUT2D eigenvalue weighted by Gasteiger charge is -2.20. The Balaban J connectivity index is 1.63. The molecule has 1 saturated heterocycles. The van der Waals surface area contributed by atoms with Gasteiger partial charge < -0.3 is 15.0 Å². The molecule has 1 N–H and O–H groups in total. The van der Waals surface area contributed by atoms with Crippen LogP contribution in [0.1, 0.15) is 61.4 Å². The van der Waals surface area contributed by atoms with Crippen LogP contribution in [0.3, 0.4) is 0 Å². The SMILES string of the molecule is CC(C)c1ccc(NC(=O)c2ccccc2OCC(=O)N2CCCCCC2)cc1. The van der Waals surface area contributed by atoms with Crippen LogP contribution in [0.2, 0.25) is 0 Å². The summed E-state index contributed by atoms with van der Waals surface area (Å²) in [6, 6.07) is 14.9.